The Morgan fingerprint density at radius 3 is 2.79 bits per heavy atom. The van der Waals surface area contributed by atoms with Gasteiger partial charge in [0.1, 0.15) is 42.3 Å². The van der Waals surface area contributed by atoms with Gasteiger partial charge in [0.2, 0.25) is 0 Å². The van der Waals surface area contributed by atoms with Crippen molar-refractivity contribution in [1.29, 1.82) is 5.26 Å². The van der Waals surface area contributed by atoms with Crippen LogP contribution in [0.3, 0.4) is 0 Å². The van der Waals surface area contributed by atoms with Crippen LogP contribution in [-0.4, -0.2) is 31.0 Å². The largest absolute Gasteiger partial charge is 0.480 e. The second kappa shape index (κ2) is 9.52. The quantitative estimate of drug-likeness (QED) is 0.402. The maximum absolute atomic E-state index is 14.5. The van der Waals surface area contributed by atoms with Crippen LogP contribution in [0.5, 0.6) is 0 Å². The predicted octanol–water partition coefficient (Wildman–Crippen LogP) is 3.05. The van der Waals surface area contributed by atoms with Crippen molar-refractivity contribution in [2.24, 2.45) is 10.7 Å². The van der Waals surface area contributed by atoms with Crippen LogP contribution in [0.25, 0.3) is 0 Å². The number of aromatic nitrogens is 1. The molecule has 3 N–H and O–H groups in total. The molecule has 0 spiro atoms. The molecule has 0 unspecified atom stereocenters. The van der Waals surface area contributed by atoms with E-state index in [0.29, 0.717) is 5.56 Å². The Bertz CT molecular complexity index is 970. The highest BCUT2D eigenvalue weighted by Gasteiger charge is 2.28. The number of pyridine rings is 1. The minimum Gasteiger partial charge on any atom is -0.480 e. The van der Waals surface area contributed by atoms with Gasteiger partial charge in [0.25, 0.3) is 5.91 Å². The molecule has 150 valence electrons. The number of alkyl halides is 1. The summed E-state index contributed by atoms with van der Waals surface area (Å²) in [5.41, 5.74) is 4.60. The van der Waals surface area contributed by atoms with Gasteiger partial charge in [-0.2, -0.15) is 5.26 Å². The number of carbonyl (C=O) groups is 1. The van der Waals surface area contributed by atoms with Gasteiger partial charge < -0.3 is 10.1 Å². The molecule has 1 atom stereocenters. The van der Waals surface area contributed by atoms with E-state index in [2.05, 4.69) is 22.0 Å². The van der Waals surface area contributed by atoms with E-state index in [-0.39, 0.29) is 29.4 Å². The molecule has 0 aliphatic heterocycles. The standard InChI is InChI=1S/C20H19F2N5O2/c1-20(25-2,8-15(9-21)29-12-24)16-7-14(4-5-17(16)22)27-19(28)18-6-3-13(10-23)11-26-18/h3-8,11H,2,9,12,24H2,1H3,(H,27,28)/b15-8-/t20-/m0/s1. The molecule has 1 amide bonds. The van der Waals surface area contributed by atoms with Crippen LogP contribution in [0.2, 0.25) is 0 Å². The van der Waals surface area contributed by atoms with Crippen molar-refractivity contribution in [3.63, 3.8) is 0 Å². The number of halogens is 2. The number of rotatable bonds is 8. The number of benzene rings is 1. The lowest BCUT2D eigenvalue weighted by atomic mass is 9.91. The number of allylic oxidation sites excluding steroid dienone is 1. The second-order valence-corrected chi connectivity index (χ2v) is 6.05. The normalized spacial score (nSPS) is 13.1. The van der Waals surface area contributed by atoms with Crippen LogP contribution in [0.1, 0.15) is 28.5 Å². The molecule has 0 aliphatic rings. The van der Waals surface area contributed by atoms with Crippen LogP contribution in [0, 0.1) is 17.1 Å². The highest BCUT2D eigenvalue weighted by Crippen LogP contribution is 2.32. The first-order chi connectivity index (χ1) is 13.9. The van der Waals surface area contributed by atoms with Crippen LogP contribution in [0.15, 0.2) is 53.4 Å². The van der Waals surface area contributed by atoms with Gasteiger partial charge in [-0.3, -0.25) is 15.5 Å². The smallest absolute Gasteiger partial charge is 0.274 e. The van der Waals surface area contributed by atoms with E-state index in [4.69, 9.17) is 15.7 Å². The molecule has 7 nitrogen and oxygen atoms in total. The van der Waals surface area contributed by atoms with Gasteiger partial charge in [0.15, 0.2) is 0 Å². The summed E-state index contributed by atoms with van der Waals surface area (Å²) in [4.78, 5) is 20.2. The van der Waals surface area contributed by atoms with Crippen molar-refractivity contribution >= 4 is 18.3 Å². The Morgan fingerprint density at radius 2 is 2.24 bits per heavy atom. The number of nitrogens with one attached hydrogen (secondary N) is 1. The number of hydrogen-bond acceptors (Lipinski definition) is 6. The molecule has 0 radical (unpaired) electrons. The summed E-state index contributed by atoms with van der Waals surface area (Å²) in [5, 5.41) is 11.4. The van der Waals surface area contributed by atoms with Crippen molar-refractivity contribution in [1.82, 2.24) is 4.98 Å². The topological polar surface area (TPSA) is 113 Å². The molecule has 1 aromatic heterocycles. The van der Waals surface area contributed by atoms with E-state index in [9.17, 15) is 13.6 Å². The number of carbonyl (C=O) groups excluding carboxylic acids is 1. The molecule has 0 bridgehead atoms. The maximum atomic E-state index is 14.5. The summed E-state index contributed by atoms with van der Waals surface area (Å²) in [5.74, 6) is -1.29. The number of nitrogens with zero attached hydrogens (tertiary/aromatic N) is 3. The van der Waals surface area contributed by atoms with E-state index < -0.39 is 23.9 Å². The number of amides is 1. The molecule has 0 fully saturated rings. The third-order valence-corrected chi connectivity index (χ3v) is 4.07. The summed E-state index contributed by atoms with van der Waals surface area (Å²) >= 11 is 0. The van der Waals surface area contributed by atoms with E-state index in [0.717, 1.165) is 6.07 Å². The van der Waals surface area contributed by atoms with Gasteiger partial charge in [-0.25, -0.2) is 13.8 Å². The zero-order valence-electron chi connectivity index (χ0n) is 15.7. The minimum absolute atomic E-state index is 0.0460. The van der Waals surface area contributed by atoms with E-state index in [1.165, 1.54) is 43.5 Å². The monoisotopic (exact) mass is 399 g/mol. The first kappa shape index (κ1) is 21.7. The summed E-state index contributed by atoms with van der Waals surface area (Å²) < 4.78 is 32.6. The molecule has 0 saturated heterocycles. The first-order valence-electron chi connectivity index (χ1n) is 8.42. The van der Waals surface area contributed by atoms with Gasteiger partial charge >= 0.3 is 0 Å². The van der Waals surface area contributed by atoms with Crippen LogP contribution in [0.4, 0.5) is 14.5 Å². The summed E-state index contributed by atoms with van der Waals surface area (Å²) in [7, 11) is 0. The zero-order chi connectivity index (χ0) is 21.4. The van der Waals surface area contributed by atoms with Gasteiger partial charge in [-0.15, -0.1) is 0 Å². The van der Waals surface area contributed by atoms with Gasteiger partial charge in [0.05, 0.1) is 5.56 Å². The fourth-order valence-corrected chi connectivity index (χ4v) is 2.53. The SMILES string of the molecule is C=N[C@@](C)(/C=C(/CF)OCN)c1cc(NC(=O)c2ccc(C#N)cn2)ccc1F. The van der Waals surface area contributed by atoms with Crippen molar-refractivity contribution in [3.8, 4) is 6.07 Å². The third-order valence-electron chi connectivity index (χ3n) is 4.07. The highest BCUT2D eigenvalue weighted by atomic mass is 19.1. The fourth-order valence-electron chi connectivity index (χ4n) is 2.53. The number of nitrogens with two attached hydrogens (primary N) is 1. The van der Waals surface area contributed by atoms with Crippen LogP contribution in [-0.2, 0) is 10.3 Å². The number of anilines is 1. The summed E-state index contributed by atoms with van der Waals surface area (Å²) in [6.45, 7) is 3.77. The predicted molar refractivity (Wildman–Crippen MR) is 104 cm³/mol. The maximum Gasteiger partial charge on any atom is 0.274 e. The molecule has 0 saturated carbocycles. The summed E-state index contributed by atoms with van der Waals surface area (Å²) in [6, 6.07) is 8.63. The molecule has 1 aromatic carbocycles. The number of hydrogen-bond donors (Lipinski definition) is 2. The average molecular weight is 399 g/mol. The molecule has 29 heavy (non-hydrogen) atoms. The zero-order valence-corrected chi connectivity index (χ0v) is 15.7. The molecule has 9 heteroatoms. The Kier molecular flexibility index (Phi) is 7.11. The Labute approximate surface area is 166 Å². The highest BCUT2D eigenvalue weighted by molar-refractivity contribution is 6.02. The Hall–Kier alpha value is -3.64. The van der Waals surface area contributed by atoms with E-state index in [1.54, 1.807) is 0 Å². The lowest BCUT2D eigenvalue weighted by Gasteiger charge is -2.24. The molecular formula is C20H19F2N5O2. The van der Waals surface area contributed by atoms with Gasteiger partial charge in [0, 0.05) is 17.4 Å². The van der Waals surface area contributed by atoms with Gasteiger partial charge in [-0.1, -0.05) is 0 Å². The van der Waals surface area contributed by atoms with Crippen molar-refractivity contribution < 1.29 is 18.3 Å². The minimum atomic E-state index is -1.37. The lowest BCUT2D eigenvalue weighted by molar-refractivity contribution is 0.102. The number of nitriles is 1. The molecule has 2 rings (SSSR count). The van der Waals surface area contributed by atoms with Crippen LogP contribution < -0.4 is 11.1 Å². The molecule has 1 heterocycles. The number of aliphatic imine (C=N–C) groups is 1. The van der Waals surface area contributed by atoms with Crippen LogP contribution >= 0.6 is 0 Å². The average Bonchev–Trinajstić information content (AvgIpc) is 2.74. The molecule has 2 aromatic rings. The van der Waals surface area contributed by atoms with Crippen molar-refractivity contribution in [2.75, 3.05) is 18.7 Å². The fraction of sp³-hybridized carbons (Fsp3) is 0.200. The van der Waals surface area contributed by atoms with Crippen molar-refractivity contribution in [2.45, 2.75) is 12.5 Å². The van der Waals surface area contributed by atoms with E-state index in [1.807, 2.05) is 6.07 Å². The van der Waals surface area contributed by atoms with E-state index >= 15 is 0 Å². The van der Waals surface area contributed by atoms with Crippen molar-refractivity contribution in [3.05, 3.63) is 71.0 Å². The van der Waals surface area contributed by atoms with Gasteiger partial charge in [-0.05, 0) is 50.0 Å². The lowest BCUT2D eigenvalue weighted by Crippen LogP contribution is -2.21. The first-order valence-corrected chi connectivity index (χ1v) is 8.42. The second-order valence-electron chi connectivity index (χ2n) is 6.05. The Morgan fingerprint density at radius 1 is 1.48 bits per heavy atom. The molecular weight excluding hydrogens is 380 g/mol. The Balaban J connectivity index is 2.35. The third kappa shape index (κ3) is 5.21. The number of ether oxygens (including phenoxy) is 1. The summed E-state index contributed by atoms with van der Waals surface area (Å²) in [6.07, 6.45) is 2.55. The molecule has 0 aliphatic carbocycles.